The van der Waals surface area contributed by atoms with Crippen LogP contribution in [0.3, 0.4) is 0 Å². The van der Waals surface area contributed by atoms with Crippen LogP contribution in [0.15, 0.2) is 12.4 Å². The molecule has 1 heterocycles. The van der Waals surface area contributed by atoms with E-state index >= 15 is 0 Å². The zero-order valence-electron chi connectivity index (χ0n) is 8.02. The number of ether oxygens (including phenoxy) is 1. The van der Waals surface area contributed by atoms with Gasteiger partial charge in [-0.3, -0.25) is 0 Å². The van der Waals surface area contributed by atoms with Crippen LogP contribution in [0.5, 0.6) is 0 Å². The van der Waals surface area contributed by atoms with Gasteiger partial charge in [0.1, 0.15) is 5.82 Å². The van der Waals surface area contributed by atoms with Crippen LogP contribution in [-0.2, 0) is 18.2 Å². The number of hydrogen-bond donors (Lipinski definition) is 1. The Balaban J connectivity index is 0.000000252. The molecule has 0 unspecified atom stereocenters. The molecule has 74 valence electrons. The minimum Gasteiger partial charge on any atom is -0.450 e. The van der Waals surface area contributed by atoms with Crippen molar-refractivity contribution < 1.29 is 14.6 Å². The SMILES string of the molecule is CCc1nccn1C.COC(=O)O. The van der Waals surface area contributed by atoms with E-state index < -0.39 is 6.16 Å². The van der Waals surface area contributed by atoms with Gasteiger partial charge in [0, 0.05) is 25.9 Å². The van der Waals surface area contributed by atoms with Gasteiger partial charge in [0.2, 0.25) is 0 Å². The van der Waals surface area contributed by atoms with Gasteiger partial charge in [-0.05, 0) is 0 Å². The van der Waals surface area contributed by atoms with Crippen LogP contribution < -0.4 is 0 Å². The van der Waals surface area contributed by atoms with Crippen molar-refractivity contribution in [3.05, 3.63) is 18.2 Å². The fourth-order valence-electron chi connectivity index (χ4n) is 0.737. The van der Waals surface area contributed by atoms with Crippen molar-refractivity contribution in [2.45, 2.75) is 13.3 Å². The predicted octanol–water partition coefficient (Wildman–Crippen LogP) is 1.29. The molecule has 0 spiro atoms. The standard InChI is InChI=1S/C6H10N2.C2H4O3/c1-3-6-7-4-5-8(6)2;1-5-2(3)4/h4-5H,3H2,1-2H3;1H3,(H,3,4). The summed E-state index contributed by atoms with van der Waals surface area (Å²) < 4.78 is 5.69. The number of imidazole rings is 1. The topological polar surface area (TPSA) is 64.4 Å². The Morgan fingerprint density at radius 3 is 2.46 bits per heavy atom. The molecule has 0 fully saturated rings. The first kappa shape index (κ1) is 11.5. The van der Waals surface area contributed by atoms with E-state index in [4.69, 9.17) is 9.90 Å². The first-order chi connectivity index (χ1) is 6.11. The van der Waals surface area contributed by atoms with E-state index in [1.165, 1.54) is 0 Å². The van der Waals surface area contributed by atoms with Crippen molar-refractivity contribution in [2.24, 2.45) is 7.05 Å². The molecule has 5 heteroatoms. The lowest BCUT2D eigenvalue weighted by atomic mass is 10.5. The van der Waals surface area contributed by atoms with E-state index in [2.05, 4.69) is 16.6 Å². The summed E-state index contributed by atoms with van der Waals surface area (Å²) in [6.07, 6.45) is 3.55. The highest BCUT2D eigenvalue weighted by atomic mass is 16.6. The summed E-state index contributed by atoms with van der Waals surface area (Å²) in [5.41, 5.74) is 0. The van der Waals surface area contributed by atoms with Crippen molar-refractivity contribution >= 4 is 6.16 Å². The molecule has 1 aromatic heterocycles. The summed E-state index contributed by atoms with van der Waals surface area (Å²) in [6, 6.07) is 0. The molecule has 0 aromatic carbocycles. The smallest absolute Gasteiger partial charge is 0.450 e. The van der Waals surface area contributed by atoms with Crippen molar-refractivity contribution in [1.29, 1.82) is 0 Å². The van der Waals surface area contributed by atoms with Gasteiger partial charge >= 0.3 is 6.16 Å². The maximum absolute atomic E-state index is 9.15. The summed E-state index contributed by atoms with van der Waals surface area (Å²) in [7, 11) is 3.11. The zero-order chi connectivity index (χ0) is 10.3. The summed E-state index contributed by atoms with van der Waals surface area (Å²) in [4.78, 5) is 13.2. The quantitative estimate of drug-likeness (QED) is 0.671. The lowest BCUT2D eigenvalue weighted by Crippen LogP contribution is -1.92. The van der Waals surface area contributed by atoms with E-state index in [1.54, 1.807) is 0 Å². The molecule has 13 heavy (non-hydrogen) atoms. The fraction of sp³-hybridized carbons (Fsp3) is 0.500. The highest BCUT2D eigenvalue weighted by Crippen LogP contribution is 1.92. The molecule has 0 saturated heterocycles. The summed E-state index contributed by atoms with van der Waals surface area (Å²) >= 11 is 0. The second kappa shape index (κ2) is 6.05. The normalized spacial score (nSPS) is 8.54. The van der Waals surface area contributed by atoms with Gasteiger partial charge in [0.15, 0.2) is 0 Å². The van der Waals surface area contributed by atoms with Crippen LogP contribution in [0.4, 0.5) is 4.79 Å². The van der Waals surface area contributed by atoms with Crippen LogP contribution in [0, 0.1) is 0 Å². The average molecular weight is 186 g/mol. The summed E-state index contributed by atoms with van der Waals surface area (Å²) in [6.45, 7) is 2.10. The van der Waals surface area contributed by atoms with Crippen molar-refractivity contribution in [3.8, 4) is 0 Å². The predicted molar refractivity (Wildman–Crippen MR) is 47.6 cm³/mol. The molecule has 1 N–H and O–H groups in total. The molecule has 0 atom stereocenters. The molecule has 1 aromatic rings. The third-order valence-electron chi connectivity index (χ3n) is 1.41. The number of aromatic nitrogens is 2. The molecular formula is C8H14N2O3. The van der Waals surface area contributed by atoms with Crippen LogP contribution >= 0.6 is 0 Å². The largest absolute Gasteiger partial charge is 0.505 e. The molecule has 0 aliphatic heterocycles. The van der Waals surface area contributed by atoms with E-state index in [0.717, 1.165) is 19.4 Å². The van der Waals surface area contributed by atoms with Gasteiger partial charge in [-0.15, -0.1) is 0 Å². The first-order valence-electron chi connectivity index (χ1n) is 3.84. The van der Waals surface area contributed by atoms with Crippen LogP contribution in [0.25, 0.3) is 0 Å². The Bertz CT molecular complexity index is 258. The molecule has 0 bridgehead atoms. The number of nitrogens with zero attached hydrogens (tertiary/aromatic N) is 2. The van der Waals surface area contributed by atoms with Gasteiger partial charge in [-0.1, -0.05) is 6.92 Å². The lowest BCUT2D eigenvalue weighted by molar-refractivity contribution is 0.114. The van der Waals surface area contributed by atoms with Gasteiger partial charge < -0.3 is 14.4 Å². The minimum absolute atomic E-state index is 1.02. The number of aryl methyl sites for hydroxylation is 2. The Morgan fingerprint density at radius 1 is 1.77 bits per heavy atom. The van der Waals surface area contributed by atoms with E-state index in [1.807, 2.05) is 24.0 Å². The third-order valence-corrected chi connectivity index (χ3v) is 1.41. The lowest BCUT2D eigenvalue weighted by Gasteiger charge is -1.92. The van der Waals surface area contributed by atoms with Gasteiger partial charge in [0.25, 0.3) is 0 Å². The fourth-order valence-corrected chi connectivity index (χ4v) is 0.737. The summed E-state index contributed by atoms with van der Waals surface area (Å²) in [5, 5.41) is 7.50. The number of rotatable bonds is 1. The molecule has 0 radical (unpaired) electrons. The monoisotopic (exact) mass is 186 g/mol. The minimum atomic E-state index is -1.25. The maximum atomic E-state index is 9.15. The summed E-state index contributed by atoms with van der Waals surface area (Å²) in [5.74, 6) is 1.14. The van der Waals surface area contributed by atoms with Crippen LogP contribution in [0.2, 0.25) is 0 Å². The molecule has 0 aliphatic rings. The first-order valence-corrected chi connectivity index (χ1v) is 3.84. The maximum Gasteiger partial charge on any atom is 0.505 e. The third kappa shape index (κ3) is 4.84. The Morgan fingerprint density at radius 2 is 2.31 bits per heavy atom. The van der Waals surface area contributed by atoms with Gasteiger partial charge in [-0.2, -0.15) is 0 Å². The highest BCUT2D eigenvalue weighted by Gasteiger charge is 1.90. The second-order valence-electron chi connectivity index (χ2n) is 2.28. The van der Waals surface area contributed by atoms with Crippen LogP contribution in [-0.4, -0.2) is 27.9 Å². The molecular weight excluding hydrogens is 172 g/mol. The van der Waals surface area contributed by atoms with Crippen molar-refractivity contribution in [3.63, 3.8) is 0 Å². The Kier molecular flexibility index (Phi) is 5.34. The van der Waals surface area contributed by atoms with E-state index in [-0.39, 0.29) is 0 Å². The van der Waals surface area contributed by atoms with Crippen LogP contribution in [0.1, 0.15) is 12.7 Å². The number of methoxy groups -OCH3 is 1. The zero-order valence-corrected chi connectivity index (χ0v) is 8.02. The van der Waals surface area contributed by atoms with Gasteiger partial charge in [0.05, 0.1) is 7.11 Å². The van der Waals surface area contributed by atoms with Crippen molar-refractivity contribution in [2.75, 3.05) is 7.11 Å². The molecule has 5 nitrogen and oxygen atoms in total. The van der Waals surface area contributed by atoms with E-state index in [9.17, 15) is 0 Å². The Labute approximate surface area is 77.0 Å². The van der Waals surface area contributed by atoms with Gasteiger partial charge in [-0.25, -0.2) is 9.78 Å². The second-order valence-corrected chi connectivity index (χ2v) is 2.28. The number of hydrogen-bond acceptors (Lipinski definition) is 3. The number of carbonyl (C=O) groups is 1. The van der Waals surface area contributed by atoms with Crippen molar-refractivity contribution in [1.82, 2.24) is 9.55 Å². The molecule has 0 saturated carbocycles. The highest BCUT2D eigenvalue weighted by molar-refractivity contribution is 5.56. The Hall–Kier alpha value is -1.52. The molecule has 0 aliphatic carbocycles. The molecule has 0 amide bonds. The van der Waals surface area contributed by atoms with E-state index in [0.29, 0.717) is 0 Å². The average Bonchev–Trinajstić information content (AvgIpc) is 2.52. The number of carboxylic acid groups (broad SMARTS) is 1. The molecule has 1 rings (SSSR count).